The number of carboxylic acid groups (broad SMARTS) is 1. The number of hydrogen-bond donors (Lipinski definition) is 2. The van der Waals surface area contributed by atoms with Gasteiger partial charge in [0, 0.05) is 24.7 Å². The van der Waals surface area contributed by atoms with Crippen LogP contribution >= 0.6 is 0 Å². The van der Waals surface area contributed by atoms with Crippen molar-refractivity contribution in [2.24, 2.45) is 0 Å². The van der Waals surface area contributed by atoms with Crippen molar-refractivity contribution in [2.75, 3.05) is 52.4 Å². The lowest BCUT2D eigenvalue weighted by atomic mass is 10.00. The fourth-order valence-electron chi connectivity index (χ4n) is 4.20. The average molecular weight is 483 g/mol. The van der Waals surface area contributed by atoms with Crippen LogP contribution in [0.25, 0.3) is 11.1 Å². The van der Waals surface area contributed by atoms with Crippen molar-refractivity contribution < 1.29 is 38.5 Å². The molecular weight excluding hydrogens is 458 g/mol. The summed E-state index contributed by atoms with van der Waals surface area (Å²) >= 11 is 0. The van der Waals surface area contributed by atoms with Crippen molar-refractivity contribution in [1.29, 1.82) is 0 Å². The molecule has 0 saturated carbocycles. The third-order valence-electron chi connectivity index (χ3n) is 5.98. The highest BCUT2D eigenvalue weighted by Gasteiger charge is 2.40. The molecule has 3 amide bonds. The van der Waals surface area contributed by atoms with Crippen LogP contribution in [0.5, 0.6) is 11.5 Å². The number of rotatable bonds is 7. The summed E-state index contributed by atoms with van der Waals surface area (Å²) in [6.07, 6.45) is 0. The zero-order valence-electron chi connectivity index (χ0n) is 19.3. The average Bonchev–Trinajstić information content (AvgIpc) is 2.97. The fraction of sp³-hybridized carbons (Fsp3) is 0.333. The molecule has 0 aromatic heterocycles. The predicted octanol–water partition coefficient (Wildman–Crippen LogP) is 1.08. The van der Waals surface area contributed by atoms with E-state index in [1.165, 1.54) is 9.80 Å². The van der Waals surface area contributed by atoms with Crippen molar-refractivity contribution in [3.63, 3.8) is 0 Å². The van der Waals surface area contributed by atoms with E-state index < -0.39 is 37.0 Å². The van der Waals surface area contributed by atoms with Gasteiger partial charge in [-0.3, -0.25) is 14.4 Å². The molecule has 184 valence electrons. The van der Waals surface area contributed by atoms with E-state index >= 15 is 0 Å². The molecule has 0 unspecified atom stereocenters. The van der Waals surface area contributed by atoms with E-state index in [0.717, 1.165) is 11.1 Å². The van der Waals surface area contributed by atoms with E-state index in [9.17, 15) is 19.2 Å². The quantitative estimate of drug-likeness (QED) is 0.597. The molecule has 1 fully saturated rings. The van der Waals surface area contributed by atoms with Gasteiger partial charge in [0.05, 0.1) is 32.0 Å². The summed E-state index contributed by atoms with van der Waals surface area (Å²) in [5, 5.41) is 11.5. The Morgan fingerprint density at radius 2 is 1.83 bits per heavy atom. The number of carbonyl (C=O) groups is 4. The molecule has 2 aliphatic rings. The molecule has 35 heavy (non-hydrogen) atoms. The van der Waals surface area contributed by atoms with Gasteiger partial charge in [-0.1, -0.05) is 6.07 Å². The van der Waals surface area contributed by atoms with Crippen LogP contribution in [0.4, 0.5) is 5.69 Å². The van der Waals surface area contributed by atoms with Gasteiger partial charge >= 0.3 is 5.97 Å². The van der Waals surface area contributed by atoms with Crippen LogP contribution in [-0.4, -0.2) is 91.7 Å². The summed E-state index contributed by atoms with van der Waals surface area (Å²) in [6, 6.07) is 9.66. The van der Waals surface area contributed by atoms with Crippen molar-refractivity contribution >= 4 is 29.4 Å². The summed E-state index contributed by atoms with van der Waals surface area (Å²) in [4.78, 5) is 52.3. The molecule has 0 radical (unpaired) electrons. The second kappa shape index (κ2) is 10.0. The number of aliphatic carboxylic acids is 1. The number of hydrogen-bond acceptors (Lipinski definition) is 7. The second-order valence-corrected chi connectivity index (χ2v) is 8.06. The number of anilines is 1. The number of amides is 3. The van der Waals surface area contributed by atoms with E-state index in [4.69, 9.17) is 19.3 Å². The molecular formula is C24H25N3O8. The van der Waals surface area contributed by atoms with Crippen LogP contribution in [-0.2, 0) is 19.1 Å². The first-order valence-electron chi connectivity index (χ1n) is 10.9. The van der Waals surface area contributed by atoms with Gasteiger partial charge in [-0.05, 0) is 29.8 Å². The first-order chi connectivity index (χ1) is 16.8. The smallest absolute Gasteiger partial charge is 0.329 e. The topological polar surface area (TPSA) is 135 Å². The van der Waals surface area contributed by atoms with Crippen LogP contribution < -0.4 is 14.8 Å². The monoisotopic (exact) mass is 483 g/mol. The zero-order chi connectivity index (χ0) is 25.1. The lowest BCUT2D eigenvalue weighted by Gasteiger charge is -2.39. The normalized spacial score (nSPS) is 17.1. The molecule has 2 aliphatic heterocycles. The molecule has 1 atom stereocenters. The maximum Gasteiger partial charge on any atom is 0.329 e. The zero-order valence-corrected chi connectivity index (χ0v) is 19.3. The SMILES string of the molecule is COc1ccc(-c2ccc3c(c2)C(=O)N2CCN(C(=O)COCC(=O)O)C[C@H]2C(=O)N3)c(OC)c1. The van der Waals surface area contributed by atoms with Crippen LogP contribution in [0.3, 0.4) is 0 Å². The van der Waals surface area contributed by atoms with E-state index in [-0.39, 0.29) is 25.5 Å². The Kier molecular flexibility index (Phi) is 6.87. The Bertz CT molecular complexity index is 1180. The molecule has 2 aromatic carbocycles. The van der Waals surface area contributed by atoms with Gasteiger partial charge in [0.25, 0.3) is 5.91 Å². The molecule has 11 nitrogen and oxygen atoms in total. The van der Waals surface area contributed by atoms with Crippen molar-refractivity contribution in [1.82, 2.24) is 9.80 Å². The van der Waals surface area contributed by atoms with E-state index in [2.05, 4.69) is 5.32 Å². The first kappa shape index (κ1) is 24.0. The van der Waals surface area contributed by atoms with Crippen LogP contribution in [0.2, 0.25) is 0 Å². The Balaban J connectivity index is 1.57. The highest BCUT2D eigenvalue weighted by Crippen LogP contribution is 2.36. The van der Waals surface area contributed by atoms with Crippen molar-refractivity contribution in [2.45, 2.75) is 6.04 Å². The molecule has 0 spiro atoms. The van der Waals surface area contributed by atoms with Gasteiger partial charge in [0.15, 0.2) is 0 Å². The molecule has 11 heteroatoms. The van der Waals surface area contributed by atoms with Gasteiger partial charge in [0.1, 0.15) is 30.8 Å². The molecule has 4 rings (SSSR count). The van der Waals surface area contributed by atoms with E-state index in [0.29, 0.717) is 22.7 Å². The number of ether oxygens (including phenoxy) is 3. The standard InChI is InChI=1S/C24H25N3O8/c1-33-15-4-5-16(20(10-15)34-2)14-3-6-18-17(9-14)24(32)27-8-7-26(11-19(27)23(31)25-18)21(28)12-35-13-22(29)30/h3-6,9-10,19H,7-8,11-13H2,1-2H3,(H,25,31)(H,29,30)/t19-/m0/s1. The number of carbonyl (C=O) groups excluding carboxylic acids is 3. The summed E-state index contributed by atoms with van der Waals surface area (Å²) in [5.74, 6) is -1.15. The van der Waals surface area contributed by atoms with Gasteiger partial charge in [-0.25, -0.2) is 4.79 Å². The number of benzene rings is 2. The minimum atomic E-state index is -1.18. The molecule has 1 saturated heterocycles. The summed E-state index contributed by atoms with van der Waals surface area (Å²) < 4.78 is 15.6. The molecule has 2 aromatic rings. The number of methoxy groups -OCH3 is 2. The van der Waals surface area contributed by atoms with Crippen LogP contribution in [0, 0.1) is 0 Å². The van der Waals surface area contributed by atoms with Crippen molar-refractivity contribution in [3.8, 4) is 22.6 Å². The minimum Gasteiger partial charge on any atom is -0.497 e. The lowest BCUT2D eigenvalue weighted by molar-refractivity contribution is -0.147. The summed E-state index contributed by atoms with van der Waals surface area (Å²) in [5.41, 5.74) is 2.20. The molecule has 0 bridgehead atoms. The molecule has 0 aliphatic carbocycles. The molecule has 2 heterocycles. The maximum atomic E-state index is 13.5. The lowest BCUT2D eigenvalue weighted by Crippen LogP contribution is -2.60. The van der Waals surface area contributed by atoms with Crippen LogP contribution in [0.15, 0.2) is 36.4 Å². The van der Waals surface area contributed by atoms with Gasteiger partial charge in [0.2, 0.25) is 11.8 Å². The third kappa shape index (κ3) is 4.90. The Morgan fingerprint density at radius 3 is 2.54 bits per heavy atom. The van der Waals surface area contributed by atoms with Gasteiger partial charge < -0.3 is 34.4 Å². The van der Waals surface area contributed by atoms with Gasteiger partial charge in [-0.15, -0.1) is 0 Å². The first-order valence-corrected chi connectivity index (χ1v) is 10.9. The third-order valence-corrected chi connectivity index (χ3v) is 5.98. The second-order valence-electron chi connectivity index (χ2n) is 8.06. The highest BCUT2D eigenvalue weighted by molar-refractivity contribution is 6.11. The summed E-state index contributed by atoms with van der Waals surface area (Å²) in [6.45, 7) is -0.671. The number of nitrogens with one attached hydrogen (secondary N) is 1. The number of piperazine rings is 1. The largest absolute Gasteiger partial charge is 0.497 e. The number of fused-ring (bicyclic) bond motifs is 2. The predicted molar refractivity (Wildman–Crippen MR) is 123 cm³/mol. The number of nitrogens with zero attached hydrogens (tertiary/aromatic N) is 2. The van der Waals surface area contributed by atoms with E-state index in [1.54, 1.807) is 44.6 Å². The minimum absolute atomic E-state index is 0.0139. The summed E-state index contributed by atoms with van der Waals surface area (Å²) in [7, 11) is 3.11. The Labute approximate surface area is 201 Å². The highest BCUT2D eigenvalue weighted by atomic mass is 16.5. The van der Waals surface area contributed by atoms with Crippen LogP contribution in [0.1, 0.15) is 10.4 Å². The molecule has 2 N–H and O–H groups in total. The van der Waals surface area contributed by atoms with E-state index in [1.807, 2.05) is 6.07 Å². The Morgan fingerprint density at radius 1 is 1.03 bits per heavy atom. The Hall–Kier alpha value is -4.12. The number of carboxylic acids is 1. The maximum absolute atomic E-state index is 13.5. The fourth-order valence-corrected chi connectivity index (χ4v) is 4.20. The van der Waals surface area contributed by atoms with Crippen molar-refractivity contribution in [3.05, 3.63) is 42.0 Å². The van der Waals surface area contributed by atoms with Gasteiger partial charge in [-0.2, -0.15) is 0 Å².